The smallest absolute Gasteiger partial charge is 0.218 e. The number of ketones is 1. The first-order valence-corrected chi connectivity index (χ1v) is 6.99. The molecule has 4 atom stereocenters. The number of Topliss-reactive ketones (excluding diaryl/α,β-unsaturated/α-hetero) is 1. The van der Waals surface area contributed by atoms with Gasteiger partial charge in [-0.1, -0.05) is 30.3 Å². The first-order valence-electron chi connectivity index (χ1n) is 6.99. The molecule has 4 unspecified atom stereocenters. The van der Waals surface area contributed by atoms with Crippen molar-refractivity contribution in [3.63, 3.8) is 0 Å². The maximum atomic E-state index is 14.1. The molecule has 6 heteroatoms. The number of carbonyl (C=O) groups is 1. The molecule has 108 valence electrons. The lowest BCUT2D eigenvalue weighted by Crippen LogP contribution is -2.11. The molecule has 21 heavy (non-hydrogen) atoms. The molecular weight excluding hydrogens is 276 g/mol. The van der Waals surface area contributed by atoms with Gasteiger partial charge in [-0.25, -0.2) is 18.4 Å². The highest BCUT2D eigenvalue weighted by atomic mass is 19.1. The van der Waals surface area contributed by atoms with Crippen LogP contribution in [0.25, 0.3) is 0 Å². The van der Waals surface area contributed by atoms with Crippen LogP contribution in [-0.4, -0.2) is 26.7 Å². The number of aromatic nitrogens is 3. The molecule has 2 heterocycles. The predicted octanol–water partition coefficient (Wildman–Crippen LogP) is 2.82. The highest BCUT2D eigenvalue weighted by Gasteiger charge is 2.46. The molecule has 1 aromatic heterocycles. The molecule has 0 amide bonds. The Balaban J connectivity index is 1.69. The summed E-state index contributed by atoms with van der Waals surface area (Å²) in [4.78, 5) is 16.0. The fourth-order valence-electron chi connectivity index (χ4n) is 2.84. The molecule has 1 aromatic carbocycles. The largest absolute Gasteiger partial charge is 0.290 e. The third-order valence-electron chi connectivity index (χ3n) is 4.12. The van der Waals surface area contributed by atoms with Gasteiger partial charge in [0.15, 0.2) is 12.0 Å². The number of rotatable bonds is 3. The fourth-order valence-corrected chi connectivity index (χ4v) is 2.84. The summed E-state index contributed by atoms with van der Waals surface area (Å²) in [6.45, 7) is 0. The monoisotopic (exact) mass is 289 g/mol. The first kappa shape index (κ1) is 12.6. The minimum absolute atomic E-state index is 0.0570. The molecule has 0 radical (unpaired) electrons. The summed E-state index contributed by atoms with van der Waals surface area (Å²) in [6.07, 6.45) is -1.85. The van der Waals surface area contributed by atoms with Crippen molar-refractivity contribution in [3.05, 3.63) is 47.5 Å². The Kier molecular flexibility index (Phi) is 2.67. The summed E-state index contributed by atoms with van der Waals surface area (Å²) in [5.41, 5.74) is 0.928. The van der Waals surface area contributed by atoms with Crippen LogP contribution in [0.3, 0.4) is 0 Å². The van der Waals surface area contributed by atoms with Crippen LogP contribution < -0.4 is 0 Å². The number of alkyl halides is 2. The maximum Gasteiger partial charge on any atom is 0.218 e. The summed E-state index contributed by atoms with van der Waals surface area (Å²) in [5, 5.41) is 4.14. The van der Waals surface area contributed by atoms with Gasteiger partial charge in [0.2, 0.25) is 11.6 Å². The van der Waals surface area contributed by atoms with Gasteiger partial charge in [-0.2, -0.15) is 0 Å². The molecule has 4 rings (SSSR count). The van der Waals surface area contributed by atoms with Gasteiger partial charge in [-0.05, 0) is 12.0 Å². The minimum Gasteiger partial charge on any atom is -0.290 e. The zero-order valence-electron chi connectivity index (χ0n) is 11.1. The molecule has 1 aliphatic heterocycles. The van der Waals surface area contributed by atoms with E-state index in [0.29, 0.717) is 0 Å². The molecule has 0 saturated heterocycles. The molecule has 1 fully saturated rings. The highest BCUT2D eigenvalue weighted by molar-refractivity contribution is 5.96. The van der Waals surface area contributed by atoms with Crippen molar-refractivity contribution in [3.8, 4) is 0 Å². The second-order valence-electron chi connectivity index (χ2n) is 5.59. The average molecular weight is 289 g/mol. The van der Waals surface area contributed by atoms with Gasteiger partial charge in [-0.3, -0.25) is 4.79 Å². The van der Waals surface area contributed by atoms with Gasteiger partial charge in [0.1, 0.15) is 6.17 Å². The Hall–Kier alpha value is -2.11. The van der Waals surface area contributed by atoms with Crippen LogP contribution in [0.5, 0.6) is 0 Å². The molecule has 4 nitrogen and oxygen atoms in total. The van der Waals surface area contributed by atoms with Crippen molar-refractivity contribution < 1.29 is 13.6 Å². The number of carbonyl (C=O) groups excluding carboxylic acids is 1. The number of nitrogens with zero attached hydrogens (tertiary/aromatic N) is 3. The lowest BCUT2D eigenvalue weighted by molar-refractivity contribution is 0.0946. The van der Waals surface area contributed by atoms with Crippen LogP contribution in [0, 0.1) is 5.92 Å². The van der Waals surface area contributed by atoms with Crippen LogP contribution in [0.15, 0.2) is 30.3 Å². The Labute approximate surface area is 119 Å². The molecular formula is C15H13F2N3O. The Morgan fingerprint density at radius 2 is 1.90 bits per heavy atom. The summed E-state index contributed by atoms with van der Waals surface area (Å²) in [7, 11) is 0. The van der Waals surface area contributed by atoms with Gasteiger partial charge in [0.05, 0.1) is 12.0 Å². The summed E-state index contributed by atoms with van der Waals surface area (Å²) in [6, 6.07) is 9.17. The first-order chi connectivity index (χ1) is 10.1. The molecule has 0 N–H and O–H groups in total. The SMILES string of the molecule is O=C(c1nc2n(n1)C(c1ccccc1)CC2F)C1CC1F. The van der Waals surface area contributed by atoms with E-state index >= 15 is 0 Å². The van der Waals surface area contributed by atoms with Crippen LogP contribution in [0.2, 0.25) is 0 Å². The molecule has 2 aromatic rings. The Morgan fingerprint density at radius 3 is 2.57 bits per heavy atom. The molecule has 0 spiro atoms. The summed E-state index contributed by atoms with van der Waals surface area (Å²) < 4.78 is 28.6. The van der Waals surface area contributed by atoms with E-state index < -0.39 is 24.0 Å². The van der Waals surface area contributed by atoms with E-state index in [1.807, 2.05) is 30.3 Å². The van der Waals surface area contributed by atoms with E-state index in [4.69, 9.17) is 0 Å². The number of benzene rings is 1. The van der Waals surface area contributed by atoms with Crippen LogP contribution in [0.1, 0.15) is 47.1 Å². The predicted molar refractivity (Wildman–Crippen MR) is 70.4 cm³/mol. The Bertz CT molecular complexity index is 700. The van der Waals surface area contributed by atoms with Gasteiger partial charge in [0.25, 0.3) is 0 Å². The lowest BCUT2D eigenvalue weighted by Gasteiger charge is -2.11. The third kappa shape index (κ3) is 1.97. The van der Waals surface area contributed by atoms with Crippen LogP contribution in [-0.2, 0) is 0 Å². The maximum absolute atomic E-state index is 14.1. The number of fused-ring (bicyclic) bond motifs is 1. The molecule has 0 bridgehead atoms. The normalized spacial score (nSPS) is 30.2. The third-order valence-corrected chi connectivity index (χ3v) is 4.12. The van der Waals surface area contributed by atoms with Crippen molar-refractivity contribution in [2.75, 3.05) is 0 Å². The van der Waals surface area contributed by atoms with E-state index in [9.17, 15) is 13.6 Å². The zero-order chi connectivity index (χ0) is 14.6. The van der Waals surface area contributed by atoms with Crippen LogP contribution in [0.4, 0.5) is 8.78 Å². The van der Waals surface area contributed by atoms with Crippen LogP contribution >= 0.6 is 0 Å². The second kappa shape index (κ2) is 4.44. The standard InChI is InChI=1S/C15H13F2N3O/c16-10-6-9(10)13(21)14-18-15-11(17)7-12(20(15)19-14)8-4-2-1-3-5-8/h1-5,9-12H,6-7H2. The molecule has 2 aliphatic rings. The van der Waals surface area contributed by atoms with Crippen molar-refractivity contribution >= 4 is 5.78 Å². The molecule has 1 saturated carbocycles. The van der Waals surface area contributed by atoms with E-state index in [2.05, 4.69) is 10.1 Å². The second-order valence-corrected chi connectivity index (χ2v) is 5.59. The van der Waals surface area contributed by atoms with E-state index in [1.54, 1.807) is 0 Å². The number of halogens is 2. The van der Waals surface area contributed by atoms with Gasteiger partial charge >= 0.3 is 0 Å². The number of hydrogen-bond donors (Lipinski definition) is 0. The van der Waals surface area contributed by atoms with Crippen molar-refractivity contribution in [1.29, 1.82) is 0 Å². The van der Waals surface area contributed by atoms with E-state index in [0.717, 1.165) is 5.56 Å². The topological polar surface area (TPSA) is 47.8 Å². The molecule has 1 aliphatic carbocycles. The summed E-state index contributed by atoms with van der Waals surface area (Å²) in [5.74, 6) is -0.938. The minimum atomic E-state index is -1.25. The van der Waals surface area contributed by atoms with Gasteiger partial charge in [0, 0.05) is 6.42 Å². The van der Waals surface area contributed by atoms with Crippen molar-refractivity contribution in [2.45, 2.75) is 31.2 Å². The fraction of sp³-hybridized carbons (Fsp3) is 0.400. The number of hydrogen-bond acceptors (Lipinski definition) is 3. The average Bonchev–Trinajstić information content (AvgIpc) is 2.95. The Morgan fingerprint density at radius 1 is 1.19 bits per heavy atom. The van der Waals surface area contributed by atoms with Crippen molar-refractivity contribution in [2.24, 2.45) is 5.92 Å². The quantitative estimate of drug-likeness (QED) is 0.816. The zero-order valence-corrected chi connectivity index (χ0v) is 11.1. The summed E-state index contributed by atoms with van der Waals surface area (Å²) >= 11 is 0. The highest BCUT2D eigenvalue weighted by Crippen LogP contribution is 2.41. The van der Waals surface area contributed by atoms with E-state index in [1.165, 1.54) is 4.68 Å². The van der Waals surface area contributed by atoms with E-state index in [-0.39, 0.29) is 30.5 Å². The van der Waals surface area contributed by atoms with Gasteiger partial charge in [-0.15, -0.1) is 5.10 Å². The lowest BCUT2D eigenvalue weighted by atomic mass is 10.0. The van der Waals surface area contributed by atoms with Gasteiger partial charge < -0.3 is 0 Å². The van der Waals surface area contributed by atoms with Crippen molar-refractivity contribution in [1.82, 2.24) is 14.8 Å².